The fourth-order valence-electron chi connectivity index (χ4n) is 3.87. The molecule has 1 fully saturated rings. The average Bonchev–Trinajstić information content (AvgIpc) is 3.41. The molecule has 0 bridgehead atoms. The van der Waals surface area contributed by atoms with Crippen molar-refractivity contribution in [2.75, 3.05) is 5.32 Å². The van der Waals surface area contributed by atoms with E-state index in [0.717, 1.165) is 12.1 Å². The Morgan fingerprint density at radius 2 is 2.15 bits per heavy atom. The van der Waals surface area contributed by atoms with Gasteiger partial charge in [0, 0.05) is 17.2 Å². The van der Waals surface area contributed by atoms with Crippen LogP contribution < -0.4 is 15.8 Å². The van der Waals surface area contributed by atoms with Crippen LogP contribution in [0.4, 0.5) is 18.9 Å². The van der Waals surface area contributed by atoms with Gasteiger partial charge in [-0.2, -0.15) is 0 Å². The Morgan fingerprint density at radius 1 is 1.29 bits per heavy atom. The third-order valence-corrected chi connectivity index (χ3v) is 5.54. The quantitative estimate of drug-likeness (QED) is 0.533. The molecule has 1 aliphatic carbocycles. The molecule has 1 amide bonds. The third kappa shape index (κ3) is 3.89. The normalized spacial score (nSPS) is 23.0. The van der Waals surface area contributed by atoms with E-state index >= 15 is 0 Å². The predicted molar refractivity (Wildman–Crippen MR) is 110 cm³/mol. The lowest BCUT2D eigenvalue weighted by Crippen LogP contribution is -2.43. The van der Waals surface area contributed by atoms with Crippen LogP contribution in [-0.2, 0) is 16.9 Å². The van der Waals surface area contributed by atoms with Crippen molar-refractivity contribution in [1.82, 2.24) is 15.0 Å². The van der Waals surface area contributed by atoms with Crippen LogP contribution >= 0.6 is 0 Å². The lowest BCUT2D eigenvalue weighted by atomic mass is 9.84. The monoisotopic (exact) mass is 474 g/mol. The largest absolute Gasteiger partial charge is 0.467 e. The number of hydrogen-bond acceptors (Lipinski definition) is 9. The molecule has 34 heavy (non-hydrogen) atoms. The van der Waals surface area contributed by atoms with Gasteiger partial charge in [0.2, 0.25) is 11.8 Å². The summed E-state index contributed by atoms with van der Waals surface area (Å²) in [5, 5.41) is 2.50. The molecule has 10 nitrogen and oxygen atoms in total. The average molecular weight is 474 g/mol. The van der Waals surface area contributed by atoms with Crippen molar-refractivity contribution in [2.45, 2.75) is 31.1 Å². The highest BCUT2D eigenvalue weighted by Crippen LogP contribution is 2.56. The first-order chi connectivity index (χ1) is 16.4. The Kier molecular flexibility index (Phi) is 5.30. The maximum absolute atomic E-state index is 14.7. The van der Waals surface area contributed by atoms with Gasteiger partial charge in [0.1, 0.15) is 23.9 Å². The lowest BCUT2D eigenvalue weighted by Gasteiger charge is -2.33. The number of benzene rings is 1. The molecule has 176 valence electrons. The number of hydrogen-bond donors (Lipinski definition) is 2. The molecule has 3 aromatic rings. The number of rotatable bonds is 7. The van der Waals surface area contributed by atoms with Crippen LogP contribution in [0, 0.1) is 11.7 Å². The van der Waals surface area contributed by atoms with Crippen molar-refractivity contribution in [3.8, 4) is 5.88 Å². The number of amidine groups is 1. The smallest absolute Gasteiger partial charge is 0.283 e. The summed E-state index contributed by atoms with van der Waals surface area (Å²) in [6, 6.07) is 2.93. The van der Waals surface area contributed by atoms with E-state index in [4.69, 9.17) is 19.6 Å². The summed E-state index contributed by atoms with van der Waals surface area (Å²) in [5.41, 5.74) is 3.01. The molecule has 3 N–H and O–H groups in total. The van der Waals surface area contributed by atoms with E-state index in [-0.39, 0.29) is 35.9 Å². The van der Waals surface area contributed by atoms with Crippen LogP contribution in [0.25, 0.3) is 0 Å². The molecular formula is C21H17F3N6O4. The van der Waals surface area contributed by atoms with Gasteiger partial charge < -0.3 is 24.9 Å². The SMILES string of the molecule is NC1=N[C@@](c2cc(NC(=O)c3cnc(OCc4ncco4)cn3)ccc2F)(C(F)F)[C@H]2C[C@H]2O1. The standard InChI is InChI=1S/C21H17F3N6O4/c22-13-2-1-10(5-11(13)21(19(23)24)12-6-15(12)34-20(25)30-21)29-18(31)14-7-28-16(8-27-14)33-9-17-26-3-4-32-17/h1-5,7-8,12,15,19H,6,9H2,(H2,25,30)(H,29,31)/t12-,15+,21+/m0/s1. The van der Waals surface area contributed by atoms with E-state index in [1.165, 1.54) is 30.9 Å². The van der Waals surface area contributed by atoms with Gasteiger partial charge in [-0.3, -0.25) is 4.79 Å². The molecule has 3 heterocycles. The molecule has 1 saturated carbocycles. The Balaban J connectivity index is 1.34. The number of nitrogens with one attached hydrogen (secondary N) is 1. The van der Waals surface area contributed by atoms with Crippen molar-refractivity contribution in [3.63, 3.8) is 0 Å². The number of carbonyl (C=O) groups is 1. The van der Waals surface area contributed by atoms with E-state index in [1.54, 1.807) is 0 Å². The minimum absolute atomic E-state index is 0.0252. The molecule has 1 aromatic carbocycles. The molecule has 5 rings (SSSR count). The second kappa shape index (κ2) is 8.32. The highest BCUT2D eigenvalue weighted by Gasteiger charge is 2.64. The summed E-state index contributed by atoms with van der Waals surface area (Å²) in [5.74, 6) is -1.84. The molecular weight excluding hydrogens is 457 g/mol. The first-order valence-electron chi connectivity index (χ1n) is 10.1. The number of halogens is 3. The zero-order valence-corrected chi connectivity index (χ0v) is 17.3. The van der Waals surface area contributed by atoms with Crippen molar-refractivity contribution in [2.24, 2.45) is 16.6 Å². The Hall–Kier alpha value is -4.16. The first-order valence-corrected chi connectivity index (χ1v) is 10.1. The van der Waals surface area contributed by atoms with Gasteiger partial charge in [0.25, 0.3) is 18.4 Å². The van der Waals surface area contributed by atoms with Gasteiger partial charge >= 0.3 is 0 Å². The Morgan fingerprint density at radius 3 is 2.85 bits per heavy atom. The Bertz CT molecular complexity index is 1240. The molecule has 13 heteroatoms. The van der Waals surface area contributed by atoms with Gasteiger partial charge in [0.05, 0.1) is 18.6 Å². The van der Waals surface area contributed by atoms with E-state index in [1.807, 2.05) is 0 Å². The molecule has 1 aliphatic heterocycles. The Labute approximate surface area is 190 Å². The van der Waals surface area contributed by atoms with Crippen molar-refractivity contribution in [1.29, 1.82) is 0 Å². The number of fused-ring (bicyclic) bond motifs is 1. The third-order valence-electron chi connectivity index (χ3n) is 5.54. The second-order valence-electron chi connectivity index (χ2n) is 7.68. The fourth-order valence-corrected chi connectivity index (χ4v) is 3.87. The number of carbonyl (C=O) groups excluding carboxylic acids is 1. The van der Waals surface area contributed by atoms with Gasteiger partial charge in [-0.15, -0.1) is 0 Å². The number of amides is 1. The van der Waals surface area contributed by atoms with Crippen molar-refractivity contribution < 1.29 is 31.9 Å². The van der Waals surface area contributed by atoms with Crippen molar-refractivity contribution in [3.05, 3.63) is 66.0 Å². The number of nitrogens with two attached hydrogens (primary N) is 1. The molecule has 0 radical (unpaired) electrons. The minimum Gasteiger partial charge on any atom is -0.467 e. The maximum atomic E-state index is 14.7. The fraction of sp³-hybridized carbons (Fsp3) is 0.286. The van der Waals surface area contributed by atoms with Gasteiger partial charge in [-0.05, 0) is 24.6 Å². The van der Waals surface area contributed by atoms with Crippen LogP contribution in [0.3, 0.4) is 0 Å². The zero-order chi connectivity index (χ0) is 23.9. The topological polar surface area (TPSA) is 138 Å². The van der Waals surface area contributed by atoms with E-state index in [0.29, 0.717) is 5.89 Å². The lowest BCUT2D eigenvalue weighted by molar-refractivity contribution is 0.0177. The zero-order valence-electron chi connectivity index (χ0n) is 17.3. The predicted octanol–water partition coefficient (Wildman–Crippen LogP) is 2.63. The number of ether oxygens (including phenoxy) is 2. The second-order valence-corrected chi connectivity index (χ2v) is 7.68. The summed E-state index contributed by atoms with van der Waals surface area (Å²) in [4.78, 5) is 28.3. The number of anilines is 1. The van der Waals surface area contributed by atoms with Crippen LogP contribution in [0.1, 0.15) is 28.4 Å². The molecule has 3 atom stereocenters. The van der Waals surface area contributed by atoms with Gasteiger partial charge in [-0.25, -0.2) is 33.1 Å². The molecule has 2 aliphatic rings. The summed E-state index contributed by atoms with van der Waals surface area (Å²) in [6.07, 6.45) is 1.94. The number of aromatic nitrogens is 3. The number of nitrogens with zero attached hydrogens (tertiary/aromatic N) is 4. The van der Waals surface area contributed by atoms with Crippen LogP contribution in [0.15, 0.2) is 52.5 Å². The molecule has 2 aromatic heterocycles. The summed E-state index contributed by atoms with van der Waals surface area (Å²) < 4.78 is 58.8. The van der Waals surface area contributed by atoms with Crippen LogP contribution in [0.5, 0.6) is 5.88 Å². The van der Waals surface area contributed by atoms with E-state index < -0.39 is 41.7 Å². The van der Waals surface area contributed by atoms with E-state index in [9.17, 15) is 18.0 Å². The minimum atomic E-state index is -3.04. The first kappa shape index (κ1) is 21.7. The highest BCUT2D eigenvalue weighted by molar-refractivity contribution is 6.02. The maximum Gasteiger partial charge on any atom is 0.283 e. The number of alkyl halides is 2. The van der Waals surface area contributed by atoms with Crippen LogP contribution in [0.2, 0.25) is 0 Å². The highest BCUT2D eigenvalue weighted by atomic mass is 19.3. The molecule has 0 saturated heterocycles. The van der Waals surface area contributed by atoms with E-state index in [2.05, 4.69) is 25.3 Å². The van der Waals surface area contributed by atoms with Gasteiger partial charge in [0.15, 0.2) is 12.1 Å². The molecule has 0 spiro atoms. The molecule has 0 unspecified atom stereocenters. The summed E-state index contributed by atoms with van der Waals surface area (Å²) >= 11 is 0. The summed E-state index contributed by atoms with van der Waals surface area (Å²) in [7, 11) is 0. The van der Waals surface area contributed by atoms with Crippen LogP contribution in [-0.4, -0.2) is 39.4 Å². The summed E-state index contributed by atoms with van der Waals surface area (Å²) in [6.45, 7) is 0.0252. The number of oxazole rings is 1. The van der Waals surface area contributed by atoms with Crippen molar-refractivity contribution >= 4 is 17.6 Å². The number of aliphatic imine (C=N–C) groups is 1. The van der Waals surface area contributed by atoms with Gasteiger partial charge in [-0.1, -0.05) is 0 Å².